The number of fused-ring (bicyclic) bond motifs is 1. The molecule has 0 saturated carbocycles. The Morgan fingerprint density at radius 1 is 1.41 bits per heavy atom. The molecule has 1 aromatic carbocycles. The van der Waals surface area contributed by atoms with Gasteiger partial charge in [0.2, 0.25) is 0 Å². The predicted molar refractivity (Wildman–Crippen MR) is 64.0 cm³/mol. The SMILES string of the molecule is N#CN1CCNCC1c1[nH]nc2ccccc12. The van der Waals surface area contributed by atoms with E-state index in [9.17, 15) is 0 Å². The van der Waals surface area contributed by atoms with E-state index in [4.69, 9.17) is 5.26 Å². The number of aromatic amines is 1. The Morgan fingerprint density at radius 3 is 3.18 bits per heavy atom. The predicted octanol–water partition coefficient (Wildman–Crippen LogP) is 0.990. The van der Waals surface area contributed by atoms with E-state index < -0.39 is 0 Å². The van der Waals surface area contributed by atoms with Gasteiger partial charge in [-0.25, -0.2) is 0 Å². The molecule has 0 amide bonds. The molecule has 1 aliphatic heterocycles. The van der Waals surface area contributed by atoms with Crippen LogP contribution in [0.4, 0.5) is 0 Å². The molecule has 2 aromatic rings. The molecule has 86 valence electrons. The van der Waals surface area contributed by atoms with Gasteiger partial charge in [0, 0.05) is 25.0 Å². The van der Waals surface area contributed by atoms with E-state index >= 15 is 0 Å². The zero-order chi connectivity index (χ0) is 11.7. The average Bonchev–Trinajstić information content (AvgIpc) is 2.82. The lowest BCUT2D eigenvalue weighted by atomic mass is 10.1. The summed E-state index contributed by atoms with van der Waals surface area (Å²) in [4.78, 5) is 1.80. The van der Waals surface area contributed by atoms with E-state index in [0.717, 1.165) is 36.2 Å². The Morgan fingerprint density at radius 2 is 2.29 bits per heavy atom. The Hall–Kier alpha value is -2.06. The molecule has 2 heterocycles. The molecule has 3 rings (SSSR count). The number of hydrogen-bond acceptors (Lipinski definition) is 4. The first kappa shape index (κ1) is 10.1. The van der Waals surface area contributed by atoms with E-state index in [1.54, 1.807) is 4.90 Å². The lowest BCUT2D eigenvalue weighted by Crippen LogP contribution is -2.43. The number of H-pyrrole nitrogens is 1. The Balaban J connectivity index is 2.05. The van der Waals surface area contributed by atoms with Crippen molar-refractivity contribution in [1.82, 2.24) is 20.4 Å². The van der Waals surface area contributed by atoms with Crippen molar-refractivity contribution in [2.75, 3.05) is 19.6 Å². The maximum atomic E-state index is 9.15. The number of aromatic nitrogens is 2. The van der Waals surface area contributed by atoms with Crippen molar-refractivity contribution < 1.29 is 0 Å². The van der Waals surface area contributed by atoms with Crippen LogP contribution >= 0.6 is 0 Å². The van der Waals surface area contributed by atoms with Crippen molar-refractivity contribution in [2.45, 2.75) is 6.04 Å². The lowest BCUT2D eigenvalue weighted by molar-refractivity contribution is 0.239. The standard InChI is InChI=1S/C12H13N5/c13-8-17-6-5-14-7-11(17)12-9-3-1-2-4-10(9)15-16-12/h1-4,11,14H,5-7H2,(H,15,16). The van der Waals surface area contributed by atoms with Crippen molar-refractivity contribution in [3.05, 3.63) is 30.0 Å². The van der Waals surface area contributed by atoms with Crippen LogP contribution in [0.2, 0.25) is 0 Å². The second kappa shape index (κ2) is 4.07. The van der Waals surface area contributed by atoms with Crippen LogP contribution in [0.5, 0.6) is 0 Å². The van der Waals surface area contributed by atoms with E-state index in [0.29, 0.717) is 0 Å². The van der Waals surface area contributed by atoms with Gasteiger partial charge in [0.25, 0.3) is 0 Å². The summed E-state index contributed by atoms with van der Waals surface area (Å²) in [7, 11) is 0. The Bertz CT molecular complexity index is 568. The van der Waals surface area contributed by atoms with Gasteiger partial charge in [-0.3, -0.25) is 10.00 Å². The van der Waals surface area contributed by atoms with Gasteiger partial charge in [-0.15, -0.1) is 0 Å². The first-order valence-electron chi connectivity index (χ1n) is 5.70. The topological polar surface area (TPSA) is 67.7 Å². The molecular weight excluding hydrogens is 214 g/mol. The number of nitrogens with one attached hydrogen (secondary N) is 2. The highest BCUT2D eigenvalue weighted by Crippen LogP contribution is 2.26. The Labute approximate surface area is 99.0 Å². The summed E-state index contributed by atoms with van der Waals surface area (Å²) >= 11 is 0. The highest BCUT2D eigenvalue weighted by molar-refractivity contribution is 5.81. The van der Waals surface area contributed by atoms with Crippen LogP contribution in [0.15, 0.2) is 24.3 Å². The van der Waals surface area contributed by atoms with Crippen LogP contribution in [0, 0.1) is 11.5 Å². The zero-order valence-corrected chi connectivity index (χ0v) is 9.35. The van der Waals surface area contributed by atoms with Crippen LogP contribution in [0.3, 0.4) is 0 Å². The van der Waals surface area contributed by atoms with Gasteiger partial charge >= 0.3 is 0 Å². The van der Waals surface area contributed by atoms with Crippen molar-refractivity contribution in [3.8, 4) is 6.19 Å². The number of nitriles is 1. The van der Waals surface area contributed by atoms with Crippen LogP contribution in [0.1, 0.15) is 11.7 Å². The van der Waals surface area contributed by atoms with Gasteiger partial charge in [0.15, 0.2) is 6.19 Å². The summed E-state index contributed by atoms with van der Waals surface area (Å²) in [6.45, 7) is 2.38. The summed E-state index contributed by atoms with van der Waals surface area (Å²) in [5.41, 5.74) is 1.97. The van der Waals surface area contributed by atoms with Gasteiger partial charge in [-0.1, -0.05) is 18.2 Å². The molecule has 1 aromatic heterocycles. The highest BCUT2D eigenvalue weighted by atomic mass is 15.2. The molecule has 5 heteroatoms. The number of rotatable bonds is 1. The van der Waals surface area contributed by atoms with E-state index in [-0.39, 0.29) is 6.04 Å². The first-order valence-corrected chi connectivity index (χ1v) is 5.70. The summed E-state index contributed by atoms with van der Waals surface area (Å²) in [6, 6.07) is 8.03. The summed E-state index contributed by atoms with van der Waals surface area (Å²) in [5.74, 6) is 0. The van der Waals surface area contributed by atoms with E-state index in [2.05, 4.69) is 21.7 Å². The Kier molecular flexibility index (Phi) is 2.42. The molecule has 0 aliphatic carbocycles. The van der Waals surface area contributed by atoms with Gasteiger partial charge in [0.05, 0.1) is 17.3 Å². The molecule has 0 radical (unpaired) electrons. The second-order valence-electron chi connectivity index (χ2n) is 4.17. The summed E-state index contributed by atoms with van der Waals surface area (Å²) < 4.78 is 0. The third-order valence-electron chi connectivity index (χ3n) is 3.20. The van der Waals surface area contributed by atoms with Gasteiger partial charge in [-0.2, -0.15) is 10.4 Å². The van der Waals surface area contributed by atoms with E-state index in [1.165, 1.54) is 0 Å². The van der Waals surface area contributed by atoms with Crippen LogP contribution < -0.4 is 5.32 Å². The van der Waals surface area contributed by atoms with Crippen molar-refractivity contribution in [1.29, 1.82) is 5.26 Å². The summed E-state index contributed by atoms with van der Waals surface area (Å²) in [5, 5.41) is 20.9. The quantitative estimate of drug-likeness (QED) is 0.713. The average molecular weight is 227 g/mol. The molecule has 0 bridgehead atoms. The fourth-order valence-electron chi connectivity index (χ4n) is 2.32. The zero-order valence-electron chi connectivity index (χ0n) is 9.35. The number of piperazine rings is 1. The van der Waals surface area contributed by atoms with Crippen LogP contribution in [0.25, 0.3) is 10.9 Å². The maximum absolute atomic E-state index is 9.15. The molecule has 1 unspecified atom stereocenters. The number of hydrogen-bond donors (Lipinski definition) is 2. The molecular formula is C12H13N5. The smallest absolute Gasteiger partial charge is 0.180 e. The minimum atomic E-state index is 0.0566. The normalized spacial score (nSPS) is 20.4. The second-order valence-corrected chi connectivity index (χ2v) is 4.17. The number of benzene rings is 1. The maximum Gasteiger partial charge on any atom is 0.180 e. The molecule has 1 fully saturated rings. The van der Waals surface area contributed by atoms with Crippen LogP contribution in [-0.2, 0) is 0 Å². The molecule has 17 heavy (non-hydrogen) atoms. The fourth-order valence-corrected chi connectivity index (χ4v) is 2.32. The third kappa shape index (κ3) is 1.63. The molecule has 1 aliphatic rings. The molecule has 1 saturated heterocycles. The van der Waals surface area contributed by atoms with Gasteiger partial charge in [-0.05, 0) is 6.07 Å². The fraction of sp³-hybridized carbons (Fsp3) is 0.333. The largest absolute Gasteiger partial charge is 0.312 e. The van der Waals surface area contributed by atoms with Gasteiger partial charge in [0.1, 0.15) is 0 Å². The lowest BCUT2D eigenvalue weighted by Gasteiger charge is -2.31. The monoisotopic (exact) mass is 227 g/mol. The van der Waals surface area contributed by atoms with E-state index in [1.807, 2.05) is 24.3 Å². The number of nitrogens with zero attached hydrogens (tertiary/aromatic N) is 3. The first-order chi connectivity index (χ1) is 8.40. The summed E-state index contributed by atoms with van der Waals surface area (Å²) in [6.07, 6.45) is 2.25. The molecule has 0 spiro atoms. The van der Waals surface area contributed by atoms with Crippen molar-refractivity contribution >= 4 is 10.9 Å². The van der Waals surface area contributed by atoms with Crippen LogP contribution in [-0.4, -0.2) is 34.7 Å². The van der Waals surface area contributed by atoms with Crippen molar-refractivity contribution in [2.24, 2.45) is 0 Å². The van der Waals surface area contributed by atoms with Crippen molar-refractivity contribution in [3.63, 3.8) is 0 Å². The number of para-hydroxylation sites is 1. The molecule has 2 N–H and O–H groups in total. The minimum absolute atomic E-state index is 0.0566. The molecule has 1 atom stereocenters. The minimum Gasteiger partial charge on any atom is -0.312 e. The molecule has 5 nitrogen and oxygen atoms in total. The third-order valence-corrected chi connectivity index (χ3v) is 3.20. The highest BCUT2D eigenvalue weighted by Gasteiger charge is 2.25. The van der Waals surface area contributed by atoms with Gasteiger partial charge < -0.3 is 5.32 Å².